The third kappa shape index (κ3) is 2.77. The second-order valence-electron chi connectivity index (χ2n) is 4.77. The van der Waals surface area contributed by atoms with Gasteiger partial charge < -0.3 is 15.7 Å². The lowest BCUT2D eigenvalue weighted by molar-refractivity contribution is -0.142. The standard InChI is InChI=1S/C13H18N2O2/c1-9-2-4-12(5-3-9)15-7-10(13(16)17)6-11(14)8-15/h2-5,10-11H,6-8,14H2,1H3,(H,16,17). The van der Waals surface area contributed by atoms with Crippen LogP contribution in [0.4, 0.5) is 5.69 Å². The molecule has 4 heteroatoms. The van der Waals surface area contributed by atoms with Crippen LogP contribution < -0.4 is 10.6 Å². The first-order chi connectivity index (χ1) is 8.06. The van der Waals surface area contributed by atoms with Crippen molar-refractivity contribution >= 4 is 11.7 Å². The molecule has 1 aliphatic heterocycles. The van der Waals surface area contributed by atoms with E-state index in [1.54, 1.807) is 0 Å². The third-order valence-corrected chi connectivity index (χ3v) is 3.23. The zero-order valence-electron chi connectivity index (χ0n) is 9.97. The van der Waals surface area contributed by atoms with E-state index in [1.807, 2.05) is 31.2 Å². The minimum absolute atomic E-state index is 0.0637. The first kappa shape index (κ1) is 11.9. The van der Waals surface area contributed by atoms with Crippen LogP contribution in [0.5, 0.6) is 0 Å². The van der Waals surface area contributed by atoms with Gasteiger partial charge in [-0.1, -0.05) is 17.7 Å². The van der Waals surface area contributed by atoms with E-state index >= 15 is 0 Å². The van der Waals surface area contributed by atoms with Crippen molar-refractivity contribution in [1.29, 1.82) is 0 Å². The van der Waals surface area contributed by atoms with Crippen LogP contribution in [0.15, 0.2) is 24.3 Å². The maximum atomic E-state index is 11.0. The predicted octanol–water partition coefficient (Wildman–Crippen LogP) is 1.23. The maximum absolute atomic E-state index is 11.0. The molecule has 2 unspecified atom stereocenters. The van der Waals surface area contributed by atoms with E-state index in [0.717, 1.165) is 12.2 Å². The Morgan fingerprint density at radius 1 is 1.35 bits per heavy atom. The number of carboxylic acids is 1. The van der Waals surface area contributed by atoms with E-state index < -0.39 is 5.97 Å². The SMILES string of the molecule is Cc1ccc(N2CC(N)CC(C(=O)O)C2)cc1. The van der Waals surface area contributed by atoms with Crippen molar-refractivity contribution < 1.29 is 9.90 Å². The lowest BCUT2D eigenvalue weighted by atomic mass is 9.94. The highest BCUT2D eigenvalue weighted by molar-refractivity contribution is 5.71. The number of carboxylic acid groups (broad SMARTS) is 1. The maximum Gasteiger partial charge on any atom is 0.308 e. The molecule has 0 radical (unpaired) electrons. The van der Waals surface area contributed by atoms with Gasteiger partial charge in [-0.2, -0.15) is 0 Å². The van der Waals surface area contributed by atoms with E-state index in [4.69, 9.17) is 10.8 Å². The minimum atomic E-state index is -0.753. The van der Waals surface area contributed by atoms with Crippen LogP contribution in [0.1, 0.15) is 12.0 Å². The van der Waals surface area contributed by atoms with E-state index in [0.29, 0.717) is 13.0 Å². The molecule has 0 saturated carbocycles. The number of nitrogens with zero attached hydrogens (tertiary/aromatic N) is 1. The highest BCUT2D eigenvalue weighted by Crippen LogP contribution is 2.23. The topological polar surface area (TPSA) is 66.6 Å². The van der Waals surface area contributed by atoms with Crippen molar-refractivity contribution in [3.8, 4) is 0 Å². The Balaban J connectivity index is 2.15. The van der Waals surface area contributed by atoms with Crippen LogP contribution in [0.2, 0.25) is 0 Å². The lowest BCUT2D eigenvalue weighted by Crippen LogP contribution is -2.49. The molecule has 1 aliphatic rings. The fourth-order valence-corrected chi connectivity index (χ4v) is 2.28. The average Bonchev–Trinajstić information content (AvgIpc) is 2.29. The smallest absolute Gasteiger partial charge is 0.308 e. The molecule has 1 saturated heterocycles. The van der Waals surface area contributed by atoms with Crippen LogP contribution in [0, 0.1) is 12.8 Å². The second-order valence-corrected chi connectivity index (χ2v) is 4.77. The van der Waals surface area contributed by atoms with Gasteiger partial charge in [0.1, 0.15) is 0 Å². The number of anilines is 1. The summed E-state index contributed by atoms with van der Waals surface area (Å²) < 4.78 is 0. The molecule has 2 atom stereocenters. The van der Waals surface area contributed by atoms with E-state index in [9.17, 15) is 4.79 Å². The number of aryl methyl sites for hydroxylation is 1. The van der Waals surface area contributed by atoms with Gasteiger partial charge in [-0.05, 0) is 25.5 Å². The van der Waals surface area contributed by atoms with Crippen LogP contribution in [0.25, 0.3) is 0 Å². The van der Waals surface area contributed by atoms with Gasteiger partial charge in [0, 0.05) is 24.8 Å². The van der Waals surface area contributed by atoms with Gasteiger partial charge in [-0.25, -0.2) is 0 Å². The highest BCUT2D eigenvalue weighted by atomic mass is 16.4. The van der Waals surface area contributed by atoms with Gasteiger partial charge >= 0.3 is 5.97 Å². The Morgan fingerprint density at radius 2 is 2.00 bits per heavy atom. The van der Waals surface area contributed by atoms with Crippen molar-refractivity contribution in [2.75, 3.05) is 18.0 Å². The Kier molecular flexibility index (Phi) is 3.33. The summed E-state index contributed by atoms with van der Waals surface area (Å²) in [6.45, 7) is 3.31. The molecule has 0 aliphatic carbocycles. The summed E-state index contributed by atoms with van der Waals surface area (Å²) in [6.07, 6.45) is 0.567. The number of benzene rings is 1. The van der Waals surface area contributed by atoms with Crippen LogP contribution in [-0.2, 0) is 4.79 Å². The summed E-state index contributed by atoms with van der Waals surface area (Å²) in [5, 5.41) is 9.08. The Labute approximate surface area is 101 Å². The number of hydrogen-bond donors (Lipinski definition) is 2. The molecule has 1 fully saturated rings. The summed E-state index contributed by atoms with van der Waals surface area (Å²) in [5.74, 6) is -1.11. The Hall–Kier alpha value is -1.55. The average molecular weight is 234 g/mol. The molecule has 1 aromatic rings. The van der Waals surface area contributed by atoms with Gasteiger partial charge in [0.15, 0.2) is 0 Å². The molecular weight excluding hydrogens is 216 g/mol. The molecule has 1 heterocycles. The van der Waals surface area contributed by atoms with Crippen LogP contribution in [0.3, 0.4) is 0 Å². The first-order valence-corrected chi connectivity index (χ1v) is 5.86. The Morgan fingerprint density at radius 3 is 2.59 bits per heavy atom. The molecule has 0 aromatic heterocycles. The molecule has 0 amide bonds. The van der Waals surface area contributed by atoms with Crippen LogP contribution in [-0.4, -0.2) is 30.2 Å². The number of nitrogens with two attached hydrogens (primary N) is 1. The molecule has 92 valence electrons. The molecule has 2 rings (SSSR count). The number of piperidine rings is 1. The number of hydrogen-bond acceptors (Lipinski definition) is 3. The zero-order chi connectivity index (χ0) is 12.4. The number of aliphatic carboxylic acids is 1. The fraction of sp³-hybridized carbons (Fsp3) is 0.462. The molecule has 3 N–H and O–H groups in total. The van der Waals surface area contributed by atoms with Gasteiger partial charge in [0.25, 0.3) is 0 Å². The zero-order valence-corrected chi connectivity index (χ0v) is 9.97. The van der Waals surface area contributed by atoms with Gasteiger partial charge in [-0.3, -0.25) is 4.79 Å². The summed E-state index contributed by atoms with van der Waals surface area (Å²) in [4.78, 5) is 13.1. The summed E-state index contributed by atoms with van der Waals surface area (Å²) >= 11 is 0. The largest absolute Gasteiger partial charge is 0.481 e. The monoisotopic (exact) mass is 234 g/mol. The van der Waals surface area contributed by atoms with Gasteiger partial charge in [0.05, 0.1) is 5.92 Å². The fourth-order valence-electron chi connectivity index (χ4n) is 2.28. The van der Waals surface area contributed by atoms with Crippen molar-refractivity contribution in [2.24, 2.45) is 11.7 Å². The third-order valence-electron chi connectivity index (χ3n) is 3.23. The number of rotatable bonds is 2. The van der Waals surface area contributed by atoms with Crippen molar-refractivity contribution in [1.82, 2.24) is 0 Å². The summed E-state index contributed by atoms with van der Waals surface area (Å²) in [7, 11) is 0. The van der Waals surface area contributed by atoms with Gasteiger partial charge in [0.2, 0.25) is 0 Å². The van der Waals surface area contributed by atoms with E-state index in [2.05, 4.69) is 4.90 Å². The predicted molar refractivity (Wildman–Crippen MR) is 67.1 cm³/mol. The van der Waals surface area contributed by atoms with Crippen molar-refractivity contribution in [3.63, 3.8) is 0 Å². The molecule has 17 heavy (non-hydrogen) atoms. The second kappa shape index (κ2) is 4.75. The van der Waals surface area contributed by atoms with Crippen molar-refractivity contribution in [2.45, 2.75) is 19.4 Å². The summed E-state index contributed by atoms with van der Waals surface area (Å²) in [5.41, 5.74) is 8.17. The molecular formula is C13H18N2O2. The van der Waals surface area contributed by atoms with Crippen LogP contribution >= 0.6 is 0 Å². The Bertz CT molecular complexity index is 402. The first-order valence-electron chi connectivity index (χ1n) is 5.86. The van der Waals surface area contributed by atoms with Crippen molar-refractivity contribution in [3.05, 3.63) is 29.8 Å². The summed E-state index contributed by atoms with van der Waals surface area (Å²) in [6, 6.07) is 8.04. The number of carbonyl (C=O) groups is 1. The van der Waals surface area contributed by atoms with E-state index in [1.165, 1.54) is 5.56 Å². The normalized spacial score (nSPS) is 24.7. The minimum Gasteiger partial charge on any atom is -0.481 e. The lowest BCUT2D eigenvalue weighted by Gasteiger charge is -2.36. The molecule has 0 bridgehead atoms. The molecule has 4 nitrogen and oxygen atoms in total. The van der Waals surface area contributed by atoms with Gasteiger partial charge in [-0.15, -0.1) is 0 Å². The van der Waals surface area contributed by atoms with E-state index in [-0.39, 0.29) is 12.0 Å². The molecule has 0 spiro atoms. The highest BCUT2D eigenvalue weighted by Gasteiger charge is 2.29. The quantitative estimate of drug-likeness (QED) is 0.807. The molecule has 1 aromatic carbocycles.